The van der Waals surface area contributed by atoms with Gasteiger partial charge in [0.15, 0.2) is 0 Å². The Bertz CT molecular complexity index is 847. The predicted molar refractivity (Wildman–Crippen MR) is 112 cm³/mol. The number of aromatic nitrogens is 2. The molecule has 152 valence electrons. The van der Waals surface area contributed by atoms with Crippen LogP contribution in [-0.2, 0) is 9.59 Å². The molecule has 0 bridgehead atoms. The highest BCUT2D eigenvalue weighted by molar-refractivity contribution is 5.93. The Balaban J connectivity index is 2.02. The Morgan fingerprint density at radius 3 is 2.18 bits per heavy atom. The first-order valence-corrected chi connectivity index (χ1v) is 9.39. The first kappa shape index (κ1) is 21.6. The minimum atomic E-state index is -0.293. The fourth-order valence-corrected chi connectivity index (χ4v) is 2.94. The average Bonchev–Trinajstić information content (AvgIpc) is 2.81. The molecule has 1 heterocycles. The van der Waals surface area contributed by atoms with Crippen molar-refractivity contribution in [3.63, 3.8) is 0 Å². The van der Waals surface area contributed by atoms with Gasteiger partial charge in [-0.1, -0.05) is 17.7 Å². The Morgan fingerprint density at radius 2 is 1.61 bits per heavy atom. The molecule has 2 aromatic rings. The molecule has 0 fully saturated rings. The molecule has 1 aromatic carbocycles. The molecule has 1 aromatic heterocycles. The van der Waals surface area contributed by atoms with Crippen LogP contribution in [0.5, 0.6) is 0 Å². The van der Waals surface area contributed by atoms with E-state index in [1.165, 1.54) is 5.56 Å². The van der Waals surface area contributed by atoms with Crippen molar-refractivity contribution in [3.8, 4) is 5.69 Å². The number of carbonyl (C=O) groups is 2. The van der Waals surface area contributed by atoms with Crippen molar-refractivity contribution in [1.29, 1.82) is 0 Å². The fourth-order valence-electron chi connectivity index (χ4n) is 2.94. The van der Waals surface area contributed by atoms with Gasteiger partial charge in [0.05, 0.1) is 35.9 Å². The molecule has 2 amide bonds. The van der Waals surface area contributed by atoms with Crippen LogP contribution in [0.25, 0.3) is 5.69 Å². The molecular weight excluding hydrogens is 354 g/mol. The van der Waals surface area contributed by atoms with Gasteiger partial charge >= 0.3 is 0 Å². The number of anilines is 1. The molecule has 28 heavy (non-hydrogen) atoms. The third-order valence-corrected chi connectivity index (χ3v) is 4.18. The first-order chi connectivity index (χ1) is 13.0. The van der Waals surface area contributed by atoms with Crippen molar-refractivity contribution >= 4 is 17.5 Å². The van der Waals surface area contributed by atoms with Crippen LogP contribution in [0.2, 0.25) is 0 Å². The Hall–Kier alpha value is -2.67. The van der Waals surface area contributed by atoms with E-state index in [4.69, 9.17) is 0 Å². The maximum atomic E-state index is 12.5. The second-order valence-corrected chi connectivity index (χ2v) is 8.31. The third kappa shape index (κ3) is 5.92. The van der Waals surface area contributed by atoms with Crippen LogP contribution < -0.4 is 10.6 Å². The molecule has 2 N–H and O–H groups in total. The van der Waals surface area contributed by atoms with Crippen molar-refractivity contribution < 1.29 is 9.59 Å². The standard InChI is InChI=1S/C21H31N5O2/c1-14-8-10-17(11-9-14)26-16(3)20(15(2)24-26)22-18(27)12-25(7)13-19(28)23-21(4,5)6/h8-11H,12-13H2,1-7H3,(H,22,27)(H,23,28). The van der Waals surface area contributed by atoms with Gasteiger partial charge in [0.1, 0.15) is 0 Å². The van der Waals surface area contributed by atoms with Crippen LogP contribution >= 0.6 is 0 Å². The first-order valence-electron chi connectivity index (χ1n) is 9.39. The molecule has 2 rings (SSSR count). The van der Waals surface area contributed by atoms with Gasteiger partial charge in [0.2, 0.25) is 11.8 Å². The summed E-state index contributed by atoms with van der Waals surface area (Å²) in [5.41, 5.74) is 4.15. The number of nitrogens with one attached hydrogen (secondary N) is 2. The Morgan fingerprint density at radius 1 is 1.04 bits per heavy atom. The summed E-state index contributed by atoms with van der Waals surface area (Å²) in [5, 5.41) is 10.4. The monoisotopic (exact) mass is 385 g/mol. The minimum absolute atomic E-state index is 0.109. The van der Waals surface area contributed by atoms with E-state index in [1.54, 1.807) is 11.9 Å². The topological polar surface area (TPSA) is 79.3 Å². The number of hydrogen-bond donors (Lipinski definition) is 2. The summed E-state index contributed by atoms with van der Waals surface area (Å²) in [5.74, 6) is -0.289. The highest BCUT2D eigenvalue weighted by atomic mass is 16.2. The van der Waals surface area contributed by atoms with Crippen LogP contribution in [0, 0.1) is 20.8 Å². The highest BCUT2D eigenvalue weighted by Crippen LogP contribution is 2.23. The summed E-state index contributed by atoms with van der Waals surface area (Å²) < 4.78 is 1.82. The molecule has 0 saturated heterocycles. The maximum absolute atomic E-state index is 12.5. The van der Waals surface area contributed by atoms with Crippen molar-refractivity contribution in [2.24, 2.45) is 0 Å². The predicted octanol–water partition coefficient (Wildman–Crippen LogP) is 2.58. The van der Waals surface area contributed by atoms with Crippen LogP contribution in [0.4, 0.5) is 5.69 Å². The number of carbonyl (C=O) groups excluding carboxylic acids is 2. The van der Waals surface area contributed by atoms with Crippen LogP contribution in [0.3, 0.4) is 0 Å². The lowest BCUT2D eigenvalue weighted by molar-refractivity contribution is -0.124. The lowest BCUT2D eigenvalue weighted by atomic mass is 10.1. The molecule has 0 unspecified atom stereocenters. The van der Waals surface area contributed by atoms with Gasteiger partial charge < -0.3 is 10.6 Å². The molecule has 0 aliphatic rings. The van der Waals surface area contributed by atoms with E-state index in [0.29, 0.717) is 5.69 Å². The van der Waals surface area contributed by atoms with Gasteiger partial charge in [0, 0.05) is 5.54 Å². The summed E-state index contributed by atoms with van der Waals surface area (Å²) in [6, 6.07) is 8.06. The number of rotatable bonds is 6. The summed E-state index contributed by atoms with van der Waals surface area (Å²) >= 11 is 0. The van der Waals surface area contributed by atoms with Gasteiger partial charge in [-0.15, -0.1) is 0 Å². The SMILES string of the molecule is Cc1ccc(-n2nc(C)c(NC(=O)CN(C)CC(=O)NC(C)(C)C)c2C)cc1. The molecule has 0 radical (unpaired) electrons. The summed E-state index contributed by atoms with van der Waals surface area (Å²) in [6.07, 6.45) is 0. The second-order valence-electron chi connectivity index (χ2n) is 8.31. The molecule has 0 aliphatic heterocycles. The zero-order valence-electron chi connectivity index (χ0n) is 17.9. The van der Waals surface area contributed by atoms with Crippen molar-refractivity contribution in [1.82, 2.24) is 20.0 Å². The molecule has 0 aliphatic carbocycles. The lowest BCUT2D eigenvalue weighted by Gasteiger charge is -2.23. The number of nitrogens with zero attached hydrogens (tertiary/aromatic N) is 3. The van der Waals surface area contributed by atoms with E-state index in [9.17, 15) is 9.59 Å². The van der Waals surface area contributed by atoms with E-state index >= 15 is 0 Å². The molecule has 0 atom stereocenters. The Labute approximate surface area is 167 Å². The Kier molecular flexibility index (Phi) is 6.61. The van der Waals surface area contributed by atoms with Gasteiger partial charge in [-0.2, -0.15) is 5.10 Å². The zero-order chi connectivity index (χ0) is 21.1. The van der Waals surface area contributed by atoms with Crippen LogP contribution in [-0.4, -0.2) is 52.2 Å². The zero-order valence-corrected chi connectivity index (χ0v) is 17.9. The van der Waals surface area contributed by atoms with Crippen LogP contribution in [0.15, 0.2) is 24.3 Å². The lowest BCUT2D eigenvalue weighted by Crippen LogP contribution is -2.46. The van der Waals surface area contributed by atoms with E-state index in [1.807, 2.05) is 70.5 Å². The van der Waals surface area contributed by atoms with Crippen LogP contribution in [0.1, 0.15) is 37.7 Å². The molecule has 7 nitrogen and oxygen atoms in total. The van der Waals surface area contributed by atoms with E-state index in [-0.39, 0.29) is 30.4 Å². The average molecular weight is 386 g/mol. The van der Waals surface area contributed by atoms with Gasteiger partial charge in [0.25, 0.3) is 0 Å². The smallest absolute Gasteiger partial charge is 0.238 e. The largest absolute Gasteiger partial charge is 0.350 e. The minimum Gasteiger partial charge on any atom is -0.350 e. The normalized spacial score (nSPS) is 11.6. The molecule has 0 spiro atoms. The van der Waals surface area contributed by atoms with E-state index < -0.39 is 0 Å². The van der Waals surface area contributed by atoms with Gasteiger partial charge in [-0.3, -0.25) is 14.5 Å². The molecule has 0 saturated carbocycles. The summed E-state index contributed by atoms with van der Waals surface area (Å²) in [6.45, 7) is 11.9. The van der Waals surface area contributed by atoms with Crippen molar-refractivity contribution in [3.05, 3.63) is 41.2 Å². The maximum Gasteiger partial charge on any atom is 0.238 e. The fraction of sp³-hybridized carbons (Fsp3) is 0.476. The molecule has 7 heteroatoms. The number of benzene rings is 1. The second kappa shape index (κ2) is 8.56. The third-order valence-electron chi connectivity index (χ3n) is 4.18. The number of amides is 2. The summed E-state index contributed by atoms with van der Waals surface area (Å²) in [4.78, 5) is 26.2. The number of hydrogen-bond acceptors (Lipinski definition) is 4. The van der Waals surface area contributed by atoms with Gasteiger partial charge in [-0.25, -0.2) is 4.68 Å². The van der Waals surface area contributed by atoms with Gasteiger partial charge in [-0.05, 0) is 60.7 Å². The summed E-state index contributed by atoms with van der Waals surface area (Å²) in [7, 11) is 1.75. The van der Waals surface area contributed by atoms with Crippen molar-refractivity contribution in [2.45, 2.75) is 47.1 Å². The van der Waals surface area contributed by atoms with E-state index in [0.717, 1.165) is 17.1 Å². The van der Waals surface area contributed by atoms with Crippen molar-refractivity contribution in [2.75, 3.05) is 25.5 Å². The quantitative estimate of drug-likeness (QED) is 0.801. The van der Waals surface area contributed by atoms with E-state index in [2.05, 4.69) is 15.7 Å². The molecular formula is C21H31N5O2. The number of likely N-dealkylation sites (N-methyl/N-ethyl adjacent to an activating group) is 1. The number of aryl methyl sites for hydroxylation is 2. The highest BCUT2D eigenvalue weighted by Gasteiger charge is 2.19.